The second kappa shape index (κ2) is 12.3. The van der Waals surface area contributed by atoms with E-state index in [0.29, 0.717) is 23.5 Å². The lowest BCUT2D eigenvalue weighted by Gasteiger charge is -2.46. The van der Waals surface area contributed by atoms with Crippen LogP contribution in [-0.4, -0.2) is 53.5 Å². The van der Waals surface area contributed by atoms with E-state index in [1.165, 1.54) is 7.11 Å². The molecule has 0 spiro atoms. The number of benzene rings is 3. The molecule has 3 aromatic carbocycles. The maximum atomic E-state index is 14.3. The maximum absolute atomic E-state index is 14.3. The van der Waals surface area contributed by atoms with Crippen LogP contribution in [0.3, 0.4) is 0 Å². The smallest absolute Gasteiger partial charge is 0.319 e. The van der Waals surface area contributed by atoms with Crippen molar-refractivity contribution >= 4 is 29.2 Å². The van der Waals surface area contributed by atoms with E-state index in [4.69, 9.17) is 4.74 Å². The predicted octanol–water partition coefficient (Wildman–Crippen LogP) is 6.18. The number of carbonyl (C=O) groups is 3. The van der Waals surface area contributed by atoms with E-state index in [0.717, 1.165) is 11.1 Å². The number of ether oxygens (including phenoxy) is 1. The molecule has 0 fully saturated rings. The number of nitrogens with one attached hydrogen (secondary N) is 2. The highest BCUT2D eigenvalue weighted by Crippen LogP contribution is 2.39. The summed E-state index contributed by atoms with van der Waals surface area (Å²) in [4.78, 5) is 45.0. The van der Waals surface area contributed by atoms with Crippen LogP contribution in [0.15, 0.2) is 78.9 Å². The van der Waals surface area contributed by atoms with Crippen molar-refractivity contribution < 1.29 is 19.1 Å². The van der Waals surface area contributed by atoms with Gasteiger partial charge in [-0.25, -0.2) is 4.79 Å². The molecule has 0 saturated heterocycles. The summed E-state index contributed by atoms with van der Waals surface area (Å²) in [6.07, 6.45) is 0.326. The van der Waals surface area contributed by atoms with E-state index in [-0.39, 0.29) is 24.3 Å². The number of amides is 4. The second-order valence-electron chi connectivity index (χ2n) is 12.6. The van der Waals surface area contributed by atoms with Gasteiger partial charge < -0.3 is 25.2 Å². The van der Waals surface area contributed by atoms with Gasteiger partial charge in [-0.2, -0.15) is 0 Å². The Morgan fingerprint density at radius 3 is 2.12 bits per heavy atom. The van der Waals surface area contributed by atoms with E-state index >= 15 is 0 Å². The number of fused-ring (bicyclic) bond motifs is 1. The van der Waals surface area contributed by atoms with E-state index in [9.17, 15) is 14.4 Å². The molecule has 222 valence electrons. The SMILES string of the molecule is COc1ccccc1NC(=O)NC1CC(c2ccccc2)c2ccccc2N(CC(=O)N(C(C)(C)C)C(C)(C)C)C1=O. The van der Waals surface area contributed by atoms with Gasteiger partial charge in [0.2, 0.25) is 11.8 Å². The van der Waals surface area contributed by atoms with Crippen LogP contribution >= 0.6 is 0 Å². The quantitative estimate of drug-likeness (QED) is 0.370. The lowest BCUT2D eigenvalue weighted by Crippen LogP contribution is -2.59. The Hall–Kier alpha value is -4.33. The highest BCUT2D eigenvalue weighted by molar-refractivity contribution is 6.05. The summed E-state index contributed by atoms with van der Waals surface area (Å²) in [5, 5.41) is 5.73. The summed E-state index contributed by atoms with van der Waals surface area (Å²) in [7, 11) is 1.53. The first-order valence-electron chi connectivity index (χ1n) is 14.3. The number of methoxy groups -OCH3 is 1. The van der Waals surface area contributed by atoms with Crippen LogP contribution in [0.5, 0.6) is 5.75 Å². The molecule has 0 aliphatic carbocycles. The highest BCUT2D eigenvalue weighted by atomic mass is 16.5. The molecule has 1 heterocycles. The van der Waals surface area contributed by atoms with Gasteiger partial charge in [-0.05, 0) is 77.3 Å². The summed E-state index contributed by atoms with van der Waals surface area (Å²) in [6.45, 7) is 11.8. The Labute approximate surface area is 249 Å². The van der Waals surface area contributed by atoms with Crippen LogP contribution in [0.4, 0.5) is 16.2 Å². The molecule has 42 heavy (non-hydrogen) atoms. The summed E-state index contributed by atoms with van der Waals surface area (Å²) in [5.41, 5.74) is 2.17. The van der Waals surface area contributed by atoms with E-state index in [2.05, 4.69) is 10.6 Å². The summed E-state index contributed by atoms with van der Waals surface area (Å²) in [6, 6.07) is 23.3. The van der Waals surface area contributed by atoms with Crippen molar-refractivity contribution in [3.05, 3.63) is 90.0 Å². The number of anilines is 2. The Bertz CT molecular complexity index is 1410. The molecule has 8 heteroatoms. The maximum Gasteiger partial charge on any atom is 0.319 e. The number of urea groups is 1. The molecular weight excluding hydrogens is 528 g/mol. The van der Waals surface area contributed by atoms with Gasteiger partial charge in [-0.15, -0.1) is 0 Å². The zero-order chi connectivity index (χ0) is 30.7. The van der Waals surface area contributed by atoms with Gasteiger partial charge in [0.1, 0.15) is 18.3 Å². The zero-order valence-electron chi connectivity index (χ0n) is 25.6. The first-order chi connectivity index (χ1) is 19.8. The fourth-order valence-corrected chi connectivity index (χ4v) is 6.11. The number of nitrogens with zero attached hydrogens (tertiary/aromatic N) is 2. The molecule has 1 aliphatic heterocycles. The van der Waals surface area contributed by atoms with Gasteiger partial charge in [0.05, 0.1) is 12.8 Å². The molecule has 2 N–H and O–H groups in total. The van der Waals surface area contributed by atoms with Crippen molar-refractivity contribution in [2.75, 3.05) is 23.9 Å². The van der Waals surface area contributed by atoms with Crippen molar-refractivity contribution in [2.45, 2.75) is 71.0 Å². The monoisotopic (exact) mass is 570 g/mol. The van der Waals surface area contributed by atoms with E-state index in [1.807, 2.05) is 107 Å². The normalized spacial score (nSPS) is 17.1. The van der Waals surface area contributed by atoms with Crippen LogP contribution in [0.1, 0.15) is 65.0 Å². The molecular formula is C34H42N4O4. The third-order valence-corrected chi connectivity index (χ3v) is 7.39. The lowest BCUT2D eigenvalue weighted by molar-refractivity contribution is -0.142. The molecule has 4 amide bonds. The molecule has 0 radical (unpaired) electrons. The number of hydrogen-bond donors (Lipinski definition) is 2. The van der Waals surface area contributed by atoms with Gasteiger partial charge in [-0.1, -0.05) is 60.7 Å². The second-order valence-corrected chi connectivity index (χ2v) is 12.6. The van der Waals surface area contributed by atoms with Crippen LogP contribution in [0.2, 0.25) is 0 Å². The van der Waals surface area contributed by atoms with Gasteiger partial charge in [0.15, 0.2) is 0 Å². The molecule has 1 aliphatic rings. The van der Waals surface area contributed by atoms with Crippen LogP contribution in [0, 0.1) is 0 Å². The third kappa shape index (κ3) is 6.75. The van der Waals surface area contributed by atoms with Crippen molar-refractivity contribution in [2.24, 2.45) is 0 Å². The first kappa shape index (κ1) is 30.6. The highest BCUT2D eigenvalue weighted by Gasteiger charge is 2.41. The topological polar surface area (TPSA) is 91.0 Å². The fourth-order valence-electron chi connectivity index (χ4n) is 6.11. The number of para-hydroxylation sites is 3. The van der Waals surface area contributed by atoms with Gasteiger partial charge >= 0.3 is 6.03 Å². The van der Waals surface area contributed by atoms with Gasteiger partial charge in [0.25, 0.3) is 0 Å². The van der Waals surface area contributed by atoms with E-state index in [1.54, 1.807) is 23.1 Å². The third-order valence-electron chi connectivity index (χ3n) is 7.39. The van der Waals surface area contributed by atoms with Crippen molar-refractivity contribution in [3.8, 4) is 5.75 Å². The fraction of sp³-hybridized carbons (Fsp3) is 0.382. The molecule has 0 bridgehead atoms. The van der Waals surface area contributed by atoms with Crippen molar-refractivity contribution in [3.63, 3.8) is 0 Å². The minimum Gasteiger partial charge on any atom is -0.495 e. The Kier molecular flexibility index (Phi) is 8.95. The Balaban J connectivity index is 1.74. The van der Waals surface area contributed by atoms with E-state index < -0.39 is 23.2 Å². The Morgan fingerprint density at radius 1 is 0.881 bits per heavy atom. The number of rotatable bonds is 6. The number of hydrogen-bond acceptors (Lipinski definition) is 4. The van der Waals surface area contributed by atoms with Crippen LogP contribution in [0.25, 0.3) is 0 Å². The Morgan fingerprint density at radius 2 is 1.48 bits per heavy atom. The molecule has 3 aromatic rings. The first-order valence-corrected chi connectivity index (χ1v) is 14.3. The molecule has 2 unspecified atom stereocenters. The van der Waals surface area contributed by atoms with Crippen molar-refractivity contribution in [1.82, 2.24) is 10.2 Å². The van der Waals surface area contributed by atoms with Crippen molar-refractivity contribution in [1.29, 1.82) is 0 Å². The van der Waals surface area contributed by atoms with Gasteiger partial charge in [0, 0.05) is 22.7 Å². The largest absolute Gasteiger partial charge is 0.495 e. The predicted molar refractivity (Wildman–Crippen MR) is 167 cm³/mol. The summed E-state index contributed by atoms with van der Waals surface area (Å²) >= 11 is 0. The van der Waals surface area contributed by atoms with Crippen LogP contribution in [-0.2, 0) is 9.59 Å². The summed E-state index contributed by atoms with van der Waals surface area (Å²) < 4.78 is 5.37. The van der Waals surface area contributed by atoms with Crippen LogP contribution < -0.4 is 20.3 Å². The average molecular weight is 571 g/mol. The zero-order valence-corrected chi connectivity index (χ0v) is 25.6. The minimum atomic E-state index is -0.900. The molecule has 0 aromatic heterocycles. The lowest BCUT2D eigenvalue weighted by atomic mass is 9.86. The molecule has 8 nitrogen and oxygen atoms in total. The molecule has 4 rings (SSSR count). The standard InChI is InChI=1S/C34H42N4O4/c1-33(2,3)38(34(4,5)6)30(39)22-37-28-19-13-11-17-24(28)25(23-15-9-8-10-16-23)21-27(31(37)40)36-32(41)35-26-18-12-14-20-29(26)42-7/h8-20,25,27H,21-22H2,1-7H3,(H2,35,36,41). The van der Waals surface area contributed by atoms with Gasteiger partial charge in [-0.3, -0.25) is 9.59 Å². The minimum absolute atomic E-state index is 0.155. The average Bonchev–Trinajstić information content (AvgIpc) is 3.03. The number of carbonyl (C=O) groups excluding carboxylic acids is 3. The molecule has 2 atom stereocenters. The molecule has 0 saturated carbocycles. The summed E-state index contributed by atoms with van der Waals surface area (Å²) in [5.74, 6) is -0.198.